The van der Waals surface area contributed by atoms with E-state index in [9.17, 15) is 9.59 Å². The van der Waals surface area contributed by atoms with Crippen molar-refractivity contribution in [2.75, 3.05) is 33.7 Å². The first-order chi connectivity index (χ1) is 16.4. The number of carbonyl (C=O) groups is 2. The van der Waals surface area contributed by atoms with E-state index >= 15 is 0 Å². The average Bonchev–Trinajstić information content (AvgIpc) is 2.85. The molecule has 3 aromatic rings. The van der Waals surface area contributed by atoms with Crippen molar-refractivity contribution in [1.29, 1.82) is 0 Å². The van der Waals surface area contributed by atoms with E-state index in [1.54, 1.807) is 11.1 Å². The van der Waals surface area contributed by atoms with Crippen molar-refractivity contribution in [2.24, 2.45) is 0 Å². The van der Waals surface area contributed by atoms with Gasteiger partial charge < -0.3 is 14.7 Å². The van der Waals surface area contributed by atoms with Crippen molar-refractivity contribution >= 4 is 11.8 Å². The summed E-state index contributed by atoms with van der Waals surface area (Å²) in [5, 5.41) is 0. The Morgan fingerprint density at radius 3 is 1.85 bits per heavy atom. The molecule has 7 nitrogen and oxygen atoms in total. The summed E-state index contributed by atoms with van der Waals surface area (Å²) in [5.41, 5.74) is 3.11. The van der Waals surface area contributed by atoms with E-state index < -0.39 is 0 Å². The lowest BCUT2D eigenvalue weighted by atomic mass is 10.2. The van der Waals surface area contributed by atoms with Crippen LogP contribution in [0.3, 0.4) is 0 Å². The van der Waals surface area contributed by atoms with E-state index in [4.69, 9.17) is 0 Å². The zero-order valence-corrected chi connectivity index (χ0v) is 20.2. The minimum atomic E-state index is -0.230. The van der Waals surface area contributed by atoms with Gasteiger partial charge in [-0.3, -0.25) is 14.6 Å². The van der Waals surface area contributed by atoms with E-state index in [2.05, 4.69) is 14.9 Å². The molecule has 0 bridgehead atoms. The summed E-state index contributed by atoms with van der Waals surface area (Å²) in [4.78, 5) is 40.6. The molecule has 0 unspecified atom stereocenters. The fourth-order valence-corrected chi connectivity index (χ4v) is 3.53. The van der Waals surface area contributed by atoms with Gasteiger partial charge in [-0.15, -0.1) is 0 Å². The van der Waals surface area contributed by atoms with Crippen LogP contribution in [0.25, 0.3) is 0 Å². The van der Waals surface area contributed by atoms with Crippen LogP contribution in [0.15, 0.2) is 73.1 Å². The van der Waals surface area contributed by atoms with Crippen molar-refractivity contribution in [3.8, 4) is 0 Å². The van der Waals surface area contributed by atoms with Gasteiger partial charge in [-0.05, 0) is 32.1 Å². The van der Waals surface area contributed by atoms with Gasteiger partial charge in [0.25, 0.3) is 5.91 Å². The number of carbonyl (C=O) groups excluding carboxylic acids is 2. The Bertz CT molecular complexity index is 1040. The lowest BCUT2D eigenvalue weighted by Gasteiger charge is -2.27. The second-order valence-electron chi connectivity index (χ2n) is 8.61. The summed E-state index contributed by atoms with van der Waals surface area (Å²) in [6.07, 6.45) is 3.32. The van der Waals surface area contributed by atoms with Crippen LogP contribution in [0, 0.1) is 6.92 Å². The topological polar surface area (TPSA) is 69.6 Å². The quantitative estimate of drug-likeness (QED) is 0.440. The number of nitrogens with zero attached hydrogens (tertiary/aromatic N) is 5. The highest BCUT2D eigenvalue weighted by Crippen LogP contribution is 2.12. The molecule has 0 saturated heterocycles. The van der Waals surface area contributed by atoms with Gasteiger partial charge in [-0.1, -0.05) is 60.7 Å². The van der Waals surface area contributed by atoms with E-state index in [0.29, 0.717) is 26.2 Å². The fourth-order valence-electron chi connectivity index (χ4n) is 3.53. The first-order valence-electron chi connectivity index (χ1n) is 11.5. The van der Waals surface area contributed by atoms with Crippen molar-refractivity contribution in [1.82, 2.24) is 24.7 Å². The molecule has 7 heteroatoms. The largest absolute Gasteiger partial charge is 0.337 e. The molecule has 2 amide bonds. The zero-order valence-electron chi connectivity index (χ0n) is 20.2. The molecule has 0 spiro atoms. The van der Waals surface area contributed by atoms with E-state index in [1.165, 1.54) is 6.20 Å². The lowest BCUT2D eigenvalue weighted by Crippen LogP contribution is -2.39. The van der Waals surface area contributed by atoms with Gasteiger partial charge in [-0.25, -0.2) is 4.98 Å². The molecule has 0 N–H and O–H groups in total. The molecule has 3 rings (SSSR count). The van der Waals surface area contributed by atoms with Crippen LogP contribution in [0.5, 0.6) is 0 Å². The standard InChI is InChI=1S/C27H33N5O2/c1-22-18-29-25(19-28-22)27(34)32(21-24-12-8-5-9-13-24)15-14-26(33)31(17-16-30(2)3)20-23-10-6-4-7-11-23/h4-13,18-19H,14-17,20-21H2,1-3H3. The van der Waals surface area contributed by atoms with Crippen molar-refractivity contribution in [3.63, 3.8) is 0 Å². The second-order valence-corrected chi connectivity index (χ2v) is 8.61. The van der Waals surface area contributed by atoms with Crippen LogP contribution in [0.4, 0.5) is 0 Å². The average molecular weight is 460 g/mol. The Hall–Kier alpha value is -3.58. The SMILES string of the molecule is Cc1cnc(C(=O)N(CCC(=O)N(CCN(C)C)Cc2ccccc2)Cc2ccccc2)cn1. The predicted octanol–water partition coefficient (Wildman–Crippen LogP) is 3.41. The Labute approximate surface area is 202 Å². The van der Waals surface area contributed by atoms with Gasteiger partial charge in [-0.2, -0.15) is 0 Å². The van der Waals surface area contributed by atoms with Crippen molar-refractivity contribution < 1.29 is 9.59 Å². The molecule has 1 aromatic heterocycles. The van der Waals surface area contributed by atoms with Gasteiger partial charge >= 0.3 is 0 Å². The van der Waals surface area contributed by atoms with Crippen LogP contribution in [0.2, 0.25) is 0 Å². The van der Waals surface area contributed by atoms with Gasteiger partial charge in [0.05, 0.1) is 11.9 Å². The maximum Gasteiger partial charge on any atom is 0.274 e. The normalized spacial score (nSPS) is 10.8. The highest BCUT2D eigenvalue weighted by Gasteiger charge is 2.21. The lowest BCUT2D eigenvalue weighted by molar-refractivity contribution is -0.132. The fraction of sp³-hybridized carbons (Fsp3) is 0.333. The molecule has 34 heavy (non-hydrogen) atoms. The summed E-state index contributed by atoms with van der Waals surface area (Å²) in [7, 11) is 3.99. The summed E-state index contributed by atoms with van der Waals surface area (Å²) in [6.45, 7) is 4.47. The highest BCUT2D eigenvalue weighted by atomic mass is 16.2. The van der Waals surface area contributed by atoms with E-state index in [1.807, 2.05) is 86.6 Å². The van der Waals surface area contributed by atoms with Crippen LogP contribution in [-0.4, -0.2) is 70.2 Å². The zero-order chi connectivity index (χ0) is 24.3. The molecule has 0 radical (unpaired) electrons. The maximum atomic E-state index is 13.3. The van der Waals surface area contributed by atoms with Gasteiger partial charge in [0.15, 0.2) is 0 Å². The Morgan fingerprint density at radius 2 is 1.32 bits per heavy atom. The monoisotopic (exact) mass is 459 g/mol. The van der Waals surface area contributed by atoms with Crippen LogP contribution < -0.4 is 0 Å². The number of rotatable bonds is 11. The maximum absolute atomic E-state index is 13.3. The number of benzene rings is 2. The molecule has 0 fully saturated rings. The molecule has 0 saturated carbocycles. The minimum absolute atomic E-state index is 0.0200. The number of aryl methyl sites for hydroxylation is 1. The first-order valence-corrected chi connectivity index (χ1v) is 11.5. The second kappa shape index (κ2) is 12.6. The number of likely N-dealkylation sites (N-methyl/N-ethyl adjacent to an activating group) is 1. The third-order valence-electron chi connectivity index (χ3n) is 5.49. The Morgan fingerprint density at radius 1 is 0.735 bits per heavy atom. The van der Waals surface area contributed by atoms with E-state index in [0.717, 1.165) is 23.4 Å². The van der Waals surface area contributed by atoms with E-state index in [-0.39, 0.29) is 23.9 Å². The molecular formula is C27H33N5O2. The van der Waals surface area contributed by atoms with Crippen LogP contribution in [0.1, 0.15) is 33.7 Å². The third kappa shape index (κ3) is 7.78. The molecule has 178 valence electrons. The van der Waals surface area contributed by atoms with Gasteiger partial charge in [0, 0.05) is 45.3 Å². The number of aromatic nitrogens is 2. The summed E-state index contributed by atoms with van der Waals surface area (Å²) in [6, 6.07) is 19.8. The number of amides is 2. The minimum Gasteiger partial charge on any atom is -0.337 e. The van der Waals surface area contributed by atoms with Crippen LogP contribution in [-0.2, 0) is 17.9 Å². The van der Waals surface area contributed by atoms with Crippen LogP contribution >= 0.6 is 0 Å². The predicted molar refractivity (Wildman–Crippen MR) is 133 cm³/mol. The van der Waals surface area contributed by atoms with Gasteiger partial charge in [0.1, 0.15) is 5.69 Å². The summed E-state index contributed by atoms with van der Waals surface area (Å²) >= 11 is 0. The molecule has 0 aliphatic rings. The molecule has 0 aliphatic heterocycles. The van der Waals surface area contributed by atoms with Gasteiger partial charge in [0.2, 0.25) is 5.91 Å². The summed E-state index contributed by atoms with van der Waals surface area (Å²) < 4.78 is 0. The molecule has 0 atom stereocenters. The first kappa shape index (κ1) is 25.1. The molecular weight excluding hydrogens is 426 g/mol. The Kier molecular flexibility index (Phi) is 9.29. The summed E-state index contributed by atoms with van der Waals surface area (Å²) in [5.74, 6) is -0.210. The molecule has 2 aromatic carbocycles. The molecule has 0 aliphatic carbocycles. The molecule has 1 heterocycles. The number of hydrogen-bond acceptors (Lipinski definition) is 5. The highest BCUT2D eigenvalue weighted by molar-refractivity contribution is 5.92. The van der Waals surface area contributed by atoms with Crippen molar-refractivity contribution in [3.05, 3.63) is 95.6 Å². The third-order valence-corrected chi connectivity index (χ3v) is 5.49. The van der Waals surface area contributed by atoms with Crippen molar-refractivity contribution in [2.45, 2.75) is 26.4 Å². The Balaban J connectivity index is 1.73. The smallest absolute Gasteiger partial charge is 0.274 e. The number of hydrogen-bond donors (Lipinski definition) is 0.